The molecular formula is C17H22N10O4. The molecule has 2 aliphatic rings. The molecule has 4 unspecified atom stereocenters. The molecule has 0 bridgehead atoms. The molecule has 3 aromatic rings. The predicted octanol–water partition coefficient (Wildman–Crippen LogP) is -2.50. The highest BCUT2D eigenvalue weighted by atomic mass is 16.6. The van der Waals surface area contributed by atoms with Crippen molar-refractivity contribution < 1.29 is 19.7 Å². The number of carbonyl (C=O) groups is 1. The molecule has 0 spiro atoms. The molecule has 1 amide bonds. The summed E-state index contributed by atoms with van der Waals surface area (Å²) in [6.07, 6.45) is -0.494. The molecule has 4 atom stereocenters. The van der Waals surface area contributed by atoms with Crippen molar-refractivity contribution >= 4 is 22.9 Å². The van der Waals surface area contributed by atoms with Gasteiger partial charge in [-0.3, -0.25) is 9.36 Å². The van der Waals surface area contributed by atoms with Crippen molar-refractivity contribution in [2.45, 2.75) is 30.6 Å². The third-order valence-corrected chi connectivity index (χ3v) is 5.46. The zero-order chi connectivity index (χ0) is 21.7. The largest absolute Gasteiger partial charge is 0.387 e. The first-order valence-electron chi connectivity index (χ1n) is 9.76. The number of hydrogen-bond acceptors (Lipinski definition) is 11. The number of aliphatic hydroxyl groups excluding tert-OH is 2. The minimum Gasteiger partial charge on any atom is -0.387 e. The average Bonchev–Trinajstić information content (AvgIpc) is 3.47. The standard InChI is InChI=1S/C17H22N10O4/c1-18-15(30)12-10(28)11(29)16(31-12)26-7-19-9-13(21-8-5-25(2)6-8)22-17(23-14(9)26)27-4-3-20-24-27/h3-4,7-8,10-12,16,28-29H,5-6H2,1-2H3,(H,18,30)(H,21,22,23). The van der Waals surface area contributed by atoms with Crippen LogP contribution in [-0.2, 0) is 9.53 Å². The Hall–Kier alpha value is -3.20. The maximum absolute atomic E-state index is 12.0. The fourth-order valence-electron chi connectivity index (χ4n) is 3.84. The number of hydrogen-bond donors (Lipinski definition) is 4. The van der Waals surface area contributed by atoms with Crippen LogP contribution in [-0.4, -0.2) is 107 Å². The van der Waals surface area contributed by atoms with Crippen molar-refractivity contribution in [1.29, 1.82) is 0 Å². The van der Waals surface area contributed by atoms with E-state index in [1.54, 1.807) is 6.20 Å². The van der Waals surface area contributed by atoms with E-state index in [1.165, 1.54) is 28.8 Å². The lowest BCUT2D eigenvalue weighted by molar-refractivity contribution is -0.137. The Morgan fingerprint density at radius 2 is 2.06 bits per heavy atom. The fraction of sp³-hybridized carbons (Fsp3) is 0.529. The maximum Gasteiger partial charge on any atom is 0.256 e. The molecule has 2 saturated heterocycles. The van der Waals surface area contributed by atoms with E-state index in [1.807, 2.05) is 7.05 Å². The average molecular weight is 430 g/mol. The van der Waals surface area contributed by atoms with Crippen LogP contribution in [0.25, 0.3) is 17.1 Å². The zero-order valence-corrected chi connectivity index (χ0v) is 16.8. The predicted molar refractivity (Wildman–Crippen MR) is 105 cm³/mol. The summed E-state index contributed by atoms with van der Waals surface area (Å²) >= 11 is 0. The number of likely N-dealkylation sites (N-methyl/N-ethyl adjacent to an activating group) is 2. The highest BCUT2D eigenvalue weighted by Crippen LogP contribution is 2.33. The lowest BCUT2D eigenvalue weighted by atomic mass is 10.1. The normalized spacial score (nSPS) is 26.8. The first kappa shape index (κ1) is 19.7. The molecule has 3 aromatic heterocycles. The van der Waals surface area contributed by atoms with Crippen molar-refractivity contribution in [3.8, 4) is 5.95 Å². The molecule has 31 heavy (non-hydrogen) atoms. The molecule has 14 nitrogen and oxygen atoms in total. The molecule has 4 N–H and O–H groups in total. The fourth-order valence-corrected chi connectivity index (χ4v) is 3.84. The van der Waals surface area contributed by atoms with Crippen LogP contribution in [0.15, 0.2) is 18.7 Å². The van der Waals surface area contributed by atoms with Crippen molar-refractivity contribution in [2.75, 3.05) is 32.5 Å². The Morgan fingerprint density at radius 3 is 2.74 bits per heavy atom. The molecule has 2 aliphatic heterocycles. The summed E-state index contributed by atoms with van der Waals surface area (Å²) < 4.78 is 8.56. The van der Waals surface area contributed by atoms with Gasteiger partial charge in [0.15, 0.2) is 29.3 Å². The number of carbonyl (C=O) groups excluding carboxylic acids is 1. The van der Waals surface area contributed by atoms with Crippen molar-refractivity contribution in [2.24, 2.45) is 0 Å². The summed E-state index contributed by atoms with van der Waals surface area (Å²) in [6.45, 7) is 1.71. The Morgan fingerprint density at radius 1 is 1.26 bits per heavy atom. The number of ether oxygens (including phenoxy) is 1. The van der Waals surface area contributed by atoms with Gasteiger partial charge in [0.05, 0.1) is 24.8 Å². The van der Waals surface area contributed by atoms with E-state index in [4.69, 9.17) is 4.74 Å². The molecule has 0 saturated carbocycles. The molecule has 2 fully saturated rings. The van der Waals surface area contributed by atoms with Gasteiger partial charge in [0.25, 0.3) is 11.9 Å². The lowest BCUT2D eigenvalue weighted by Gasteiger charge is -2.36. The van der Waals surface area contributed by atoms with E-state index in [-0.39, 0.29) is 12.0 Å². The number of aromatic nitrogens is 7. The number of amides is 1. The van der Waals surface area contributed by atoms with Gasteiger partial charge in [-0.05, 0) is 7.05 Å². The molecule has 0 radical (unpaired) electrons. The second-order valence-electron chi connectivity index (χ2n) is 7.65. The maximum atomic E-state index is 12.0. The molecule has 14 heteroatoms. The van der Waals surface area contributed by atoms with Crippen LogP contribution in [0.3, 0.4) is 0 Å². The van der Waals surface area contributed by atoms with Gasteiger partial charge < -0.3 is 30.5 Å². The molecular weight excluding hydrogens is 408 g/mol. The number of rotatable bonds is 5. The Kier molecular flexibility index (Phi) is 4.77. The van der Waals surface area contributed by atoms with Gasteiger partial charge in [-0.2, -0.15) is 14.6 Å². The summed E-state index contributed by atoms with van der Waals surface area (Å²) in [5.74, 6) is 0.217. The second-order valence-corrected chi connectivity index (χ2v) is 7.65. The van der Waals surface area contributed by atoms with E-state index < -0.39 is 30.4 Å². The van der Waals surface area contributed by atoms with Gasteiger partial charge in [0.1, 0.15) is 12.2 Å². The lowest BCUT2D eigenvalue weighted by Crippen LogP contribution is -2.52. The van der Waals surface area contributed by atoms with Gasteiger partial charge in [-0.15, -0.1) is 5.10 Å². The van der Waals surface area contributed by atoms with Crippen LogP contribution in [0, 0.1) is 0 Å². The third-order valence-electron chi connectivity index (χ3n) is 5.46. The molecule has 5 rings (SSSR count). The molecule has 5 heterocycles. The van der Waals surface area contributed by atoms with Gasteiger partial charge in [-0.25, -0.2) is 4.98 Å². The third kappa shape index (κ3) is 3.29. The zero-order valence-electron chi connectivity index (χ0n) is 16.8. The number of imidazole rings is 1. The van der Waals surface area contributed by atoms with Gasteiger partial charge in [-0.1, -0.05) is 5.21 Å². The Balaban J connectivity index is 1.57. The van der Waals surface area contributed by atoms with Crippen LogP contribution in [0.4, 0.5) is 5.82 Å². The van der Waals surface area contributed by atoms with E-state index >= 15 is 0 Å². The van der Waals surface area contributed by atoms with Gasteiger partial charge in [0.2, 0.25) is 0 Å². The van der Waals surface area contributed by atoms with Gasteiger partial charge in [0, 0.05) is 20.1 Å². The van der Waals surface area contributed by atoms with Crippen LogP contribution in [0.5, 0.6) is 0 Å². The van der Waals surface area contributed by atoms with Crippen molar-refractivity contribution in [3.05, 3.63) is 18.7 Å². The molecule has 164 valence electrons. The summed E-state index contributed by atoms with van der Waals surface area (Å²) in [4.78, 5) is 27.7. The summed E-state index contributed by atoms with van der Waals surface area (Å²) in [6, 6.07) is 0.199. The van der Waals surface area contributed by atoms with Crippen LogP contribution < -0.4 is 10.6 Å². The smallest absolute Gasteiger partial charge is 0.256 e. The molecule has 0 aliphatic carbocycles. The van der Waals surface area contributed by atoms with Crippen LogP contribution >= 0.6 is 0 Å². The minimum absolute atomic E-state index is 0.199. The number of likely N-dealkylation sites (tertiary alicyclic amines) is 1. The number of anilines is 1. The number of nitrogens with zero attached hydrogens (tertiary/aromatic N) is 8. The Bertz CT molecular complexity index is 1100. The quantitative estimate of drug-likeness (QED) is 0.337. The number of nitrogens with one attached hydrogen (secondary N) is 2. The number of fused-ring (bicyclic) bond motifs is 1. The summed E-state index contributed by atoms with van der Waals surface area (Å²) in [5.41, 5.74) is 0.816. The Labute approximate surface area is 175 Å². The van der Waals surface area contributed by atoms with Gasteiger partial charge >= 0.3 is 0 Å². The highest BCUT2D eigenvalue weighted by Gasteiger charge is 2.47. The summed E-state index contributed by atoms with van der Waals surface area (Å²) in [7, 11) is 3.45. The number of aliphatic hydroxyl groups is 2. The van der Waals surface area contributed by atoms with E-state index in [0.717, 1.165) is 13.1 Å². The van der Waals surface area contributed by atoms with Crippen molar-refractivity contribution in [3.63, 3.8) is 0 Å². The topological polar surface area (TPSA) is 168 Å². The SMILES string of the molecule is CNC(=O)C1OC(n2cnc3c(NC4CN(C)C4)nc(-n4ccnn4)nc32)C(O)C1O. The first-order valence-corrected chi connectivity index (χ1v) is 9.76. The van der Waals surface area contributed by atoms with Crippen LogP contribution in [0.1, 0.15) is 6.23 Å². The van der Waals surface area contributed by atoms with Crippen LogP contribution in [0.2, 0.25) is 0 Å². The van der Waals surface area contributed by atoms with E-state index in [9.17, 15) is 15.0 Å². The monoisotopic (exact) mass is 430 g/mol. The second kappa shape index (κ2) is 7.49. The van der Waals surface area contributed by atoms with E-state index in [2.05, 4.69) is 40.8 Å². The highest BCUT2D eigenvalue weighted by molar-refractivity contribution is 5.84. The molecule has 0 aromatic carbocycles. The minimum atomic E-state index is -1.40. The van der Waals surface area contributed by atoms with E-state index in [0.29, 0.717) is 17.0 Å². The first-order chi connectivity index (χ1) is 15.0. The van der Waals surface area contributed by atoms with Crippen molar-refractivity contribution in [1.82, 2.24) is 44.7 Å². The summed E-state index contributed by atoms with van der Waals surface area (Å²) in [5, 5.41) is 34.4.